The molecule has 1 N–H and O–H groups in total. The highest BCUT2D eigenvalue weighted by Crippen LogP contribution is 2.27. The molecule has 0 aliphatic carbocycles. The molecular weight excluding hydrogens is 249 g/mol. The van der Waals surface area contributed by atoms with Gasteiger partial charge >= 0.3 is 5.97 Å². The molecule has 0 radical (unpaired) electrons. The van der Waals surface area contributed by atoms with Crippen LogP contribution in [0, 0.1) is 5.82 Å². The maximum Gasteiger partial charge on any atom is 0.337 e. The largest absolute Gasteiger partial charge is 0.478 e. The van der Waals surface area contributed by atoms with Gasteiger partial charge in [-0.15, -0.1) is 0 Å². The fourth-order valence-corrected chi connectivity index (χ4v) is 2.37. The molecule has 0 saturated carbocycles. The second kappa shape index (κ2) is 4.38. The van der Waals surface area contributed by atoms with E-state index in [4.69, 9.17) is 5.11 Å². The van der Waals surface area contributed by atoms with Gasteiger partial charge in [-0.25, -0.2) is 14.2 Å². The summed E-state index contributed by atoms with van der Waals surface area (Å²) in [6.07, 6.45) is 3.56. The van der Waals surface area contributed by atoms with Crippen LogP contribution < -0.4 is 4.90 Å². The zero-order valence-corrected chi connectivity index (χ0v) is 10.1. The molecule has 98 valence electrons. The summed E-state index contributed by atoms with van der Waals surface area (Å²) in [5, 5.41) is 9.16. The normalized spacial score (nSPS) is 14.3. The number of anilines is 1. The van der Waals surface area contributed by atoms with Crippen molar-refractivity contribution in [3.8, 4) is 0 Å². The Kier molecular flexibility index (Phi) is 2.70. The fraction of sp³-hybridized carbons (Fsp3) is 0.231. The lowest BCUT2D eigenvalue weighted by atomic mass is 10.1. The summed E-state index contributed by atoms with van der Waals surface area (Å²) in [4.78, 5) is 17.1. The van der Waals surface area contributed by atoms with Crippen LogP contribution in [-0.2, 0) is 13.1 Å². The first-order valence-corrected chi connectivity index (χ1v) is 5.93. The van der Waals surface area contributed by atoms with Crippen LogP contribution in [-0.4, -0.2) is 27.2 Å². The van der Waals surface area contributed by atoms with Crippen molar-refractivity contribution >= 4 is 11.7 Å². The number of para-hydroxylation sites is 1. The summed E-state index contributed by atoms with van der Waals surface area (Å²) in [6.45, 7) is 1.64. The first kappa shape index (κ1) is 11.7. The third-order valence-electron chi connectivity index (χ3n) is 3.28. The standard InChI is InChI=1S/C13H12FN3O2/c14-10-3-1-2-9(13(18)19)12(10)17-7-6-16-5-4-15-11(16)8-17/h1-5H,6-8H2,(H,18,19). The van der Waals surface area contributed by atoms with Crippen molar-refractivity contribution in [2.75, 3.05) is 11.4 Å². The van der Waals surface area contributed by atoms with Gasteiger partial charge in [0.1, 0.15) is 11.6 Å². The Morgan fingerprint density at radius 1 is 1.37 bits per heavy atom. The Morgan fingerprint density at radius 3 is 3.00 bits per heavy atom. The predicted octanol–water partition coefficient (Wildman–Crippen LogP) is 1.74. The molecule has 1 aromatic heterocycles. The molecule has 0 spiro atoms. The third kappa shape index (κ3) is 1.95. The molecule has 5 nitrogen and oxygen atoms in total. The molecule has 2 heterocycles. The van der Waals surface area contributed by atoms with Gasteiger partial charge in [0, 0.05) is 25.5 Å². The van der Waals surface area contributed by atoms with E-state index in [2.05, 4.69) is 4.98 Å². The van der Waals surface area contributed by atoms with Crippen LogP contribution in [0.2, 0.25) is 0 Å². The zero-order chi connectivity index (χ0) is 13.4. The Labute approximate surface area is 108 Å². The first-order valence-electron chi connectivity index (χ1n) is 5.93. The average molecular weight is 261 g/mol. The zero-order valence-electron chi connectivity index (χ0n) is 10.1. The predicted molar refractivity (Wildman–Crippen MR) is 66.6 cm³/mol. The molecule has 0 saturated heterocycles. The molecule has 2 aromatic rings. The van der Waals surface area contributed by atoms with Crippen molar-refractivity contribution in [2.45, 2.75) is 13.1 Å². The Balaban J connectivity index is 2.02. The van der Waals surface area contributed by atoms with E-state index in [0.717, 1.165) is 5.82 Å². The van der Waals surface area contributed by atoms with Crippen LogP contribution in [0.1, 0.15) is 16.2 Å². The number of fused-ring (bicyclic) bond motifs is 1. The molecule has 0 atom stereocenters. The van der Waals surface area contributed by atoms with Gasteiger partial charge in [0.2, 0.25) is 0 Å². The van der Waals surface area contributed by atoms with Crippen molar-refractivity contribution in [3.05, 3.63) is 47.8 Å². The number of carboxylic acid groups (broad SMARTS) is 1. The summed E-state index contributed by atoms with van der Waals surface area (Å²) < 4.78 is 15.9. The quantitative estimate of drug-likeness (QED) is 0.894. The SMILES string of the molecule is O=C(O)c1cccc(F)c1N1CCn2ccnc2C1. The van der Waals surface area contributed by atoms with E-state index in [9.17, 15) is 9.18 Å². The number of aromatic nitrogens is 2. The van der Waals surface area contributed by atoms with Crippen LogP contribution in [0.4, 0.5) is 10.1 Å². The number of hydrogen-bond donors (Lipinski definition) is 1. The lowest BCUT2D eigenvalue weighted by Crippen LogP contribution is -2.35. The van der Waals surface area contributed by atoms with Crippen molar-refractivity contribution in [2.24, 2.45) is 0 Å². The lowest BCUT2D eigenvalue weighted by Gasteiger charge is -2.30. The Hall–Kier alpha value is -2.37. The van der Waals surface area contributed by atoms with E-state index in [1.807, 2.05) is 10.8 Å². The highest BCUT2D eigenvalue weighted by molar-refractivity contribution is 5.94. The second-order valence-corrected chi connectivity index (χ2v) is 4.40. The highest BCUT2D eigenvalue weighted by Gasteiger charge is 2.24. The van der Waals surface area contributed by atoms with Crippen molar-refractivity contribution in [3.63, 3.8) is 0 Å². The number of rotatable bonds is 2. The number of nitrogens with zero attached hydrogens (tertiary/aromatic N) is 3. The number of imidazole rings is 1. The van der Waals surface area contributed by atoms with Crippen LogP contribution in [0.25, 0.3) is 0 Å². The molecule has 0 unspecified atom stereocenters. The number of hydrogen-bond acceptors (Lipinski definition) is 3. The number of carboxylic acids is 1. The number of halogens is 1. The summed E-state index contributed by atoms with van der Waals surface area (Å²) in [5.41, 5.74) is 0.129. The molecule has 19 heavy (non-hydrogen) atoms. The molecule has 3 rings (SSSR count). The molecule has 0 fully saturated rings. The number of aromatic carboxylic acids is 1. The molecule has 1 aliphatic heterocycles. The summed E-state index contributed by atoms with van der Waals surface area (Å²) in [7, 11) is 0. The second-order valence-electron chi connectivity index (χ2n) is 4.40. The van der Waals surface area contributed by atoms with Gasteiger partial charge in [-0.1, -0.05) is 6.07 Å². The minimum atomic E-state index is -1.12. The molecule has 0 bridgehead atoms. The van der Waals surface area contributed by atoms with E-state index < -0.39 is 11.8 Å². The minimum Gasteiger partial charge on any atom is -0.478 e. The van der Waals surface area contributed by atoms with Crippen LogP contribution >= 0.6 is 0 Å². The summed E-state index contributed by atoms with van der Waals surface area (Å²) in [6, 6.07) is 4.11. The molecular formula is C13H12FN3O2. The minimum absolute atomic E-state index is 0.0139. The topological polar surface area (TPSA) is 58.4 Å². The van der Waals surface area contributed by atoms with Crippen molar-refractivity contribution in [1.82, 2.24) is 9.55 Å². The van der Waals surface area contributed by atoms with Gasteiger partial charge in [-0.2, -0.15) is 0 Å². The maximum absolute atomic E-state index is 14.0. The maximum atomic E-state index is 14.0. The van der Waals surface area contributed by atoms with Gasteiger partial charge in [0.15, 0.2) is 0 Å². The van der Waals surface area contributed by atoms with Crippen molar-refractivity contribution in [1.29, 1.82) is 0 Å². The number of benzene rings is 1. The van der Waals surface area contributed by atoms with Gasteiger partial charge in [-0.3, -0.25) is 0 Å². The third-order valence-corrected chi connectivity index (χ3v) is 3.28. The average Bonchev–Trinajstić information content (AvgIpc) is 2.85. The van der Waals surface area contributed by atoms with Crippen LogP contribution in [0.15, 0.2) is 30.6 Å². The van der Waals surface area contributed by atoms with Crippen LogP contribution in [0.5, 0.6) is 0 Å². The van der Waals surface area contributed by atoms with Gasteiger partial charge in [-0.05, 0) is 12.1 Å². The van der Waals surface area contributed by atoms with Crippen LogP contribution in [0.3, 0.4) is 0 Å². The molecule has 1 aliphatic rings. The van der Waals surface area contributed by atoms with E-state index in [-0.39, 0.29) is 11.3 Å². The monoisotopic (exact) mass is 261 g/mol. The molecule has 6 heteroatoms. The lowest BCUT2D eigenvalue weighted by molar-refractivity contribution is 0.0697. The van der Waals surface area contributed by atoms with E-state index >= 15 is 0 Å². The summed E-state index contributed by atoms with van der Waals surface area (Å²) >= 11 is 0. The molecule has 1 aromatic carbocycles. The summed E-state index contributed by atoms with van der Waals surface area (Å²) in [5.74, 6) is -0.825. The Morgan fingerprint density at radius 2 is 2.21 bits per heavy atom. The van der Waals surface area contributed by atoms with E-state index in [1.54, 1.807) is 11.1 Å². The smallest absolute Gasteiger partial charge is 0.337 e. The van der Waals surface area contributed by atoms with Crippen molar-refractivity contribution < 1.29 is 14.3 Å². The van der Waals surface area contributed by atoms with E-state index in [1.165, 1.54) is 18.2 Å². The Bertz CT molecular complexity index is 639. The van der Waals surface area contributed by atoms with Gasteiger partial charge in [0.05, 0.1) is 17.8 Å². The fourth-order valence-electron chi connectivity index (χ4n) is 2.37. The van der Waals surface area contributed by atoms with E-state index in [0.29, 0.717) is 19.6 Å². The first-order chi connectivity index (χ1) is 9.16. The highest BCUT2D eigenvalue weighted by atomic mass is 19.1. The van der Waals surface area contributed by atoms with Gasteiger partial charge < -0.3 is 14.6 Å². The molecule has 0 amide bonds. The number of carbonyl (C=O) groups is 1. The van der Waals surface area contributed by atoms with Gasteiger partial charge in [0.25, 0.3) is 0 Å².